The number of hydrogen-bond acceptors (Lipinski definition) is 4. The van der Waals surface area contributed by atoms with Crippen LogP contribution in [0.2, 0.25) is 0 Å². The zero-order valence-electron chi connectivity index (χ0n) is 73.0. The van der Waals surface area contributed by atoms with Crippen LogP contribution in [0.5, 0.6) is 0 Å². The molecule has 0 spiro atoms. The zero-order chi connectivity index (χ0) is 88.5. The Bertz CT molecular complexity index is 9920. The highest BCUT2D eigenvalue weighted by molar-refractivity contribution is 6.28. The highest BCUT2D eigenvalue weighted by atomic mass is 15.0. The monoisotopic (exact) mass is 1720 g/mol. The summed E-state index contributed by atoms with van der Waals surface area (Å²) in [5.74, 6) is 0. The number of pyridine rings is 4. The predicted octanol–water partition coefficient (Wildman–Crippen LogP) is 32.8. The van der Waals surface area contributed by atoms with Crippen LogP contribution in [0, 0.1) is 0 Å². The number of nitrogens with zero attached hydrogens (tertiary/aromatic N) is 9. The van der Waals surface area contributed by atoms with Gasteiger partial charge in [-0.25, -0.2) is 9.97 Å². The summed E-state index contributed by atoms with van der Waals surface area (Å²) < 4.78 is 12.0. The van der Waals surface area contributed by atoms with E-state index in [2.05, 4.69) is 462 Å². The minimum Gasteiger partial charge on any atom is -0.308 e. The Kier molecular flexibility index (Phi) is 17.0. The van der Waals surface area contributed by atoms with Crippen molar-refractivity contribution in [3.8, 4) is 101 Å². The molecule has 0 aliphatic heterocycles. The van der Waals surface area contributed by atoms with E-state index in [0.29, 0.717) is 0 Å². The third kappa shape index (κ3) is 11.9. The highest BCUT2D eigenvalue weighted by Gasteiger charge is 2.26. The Morgan fingerprint density at radius 3 is 0.874 bits per heavy atom. The van der Waals surface area contributed by atoms with E-state index < -0.39 is 0 Å². The second kappa shape index (κ2) is 30.2. The fourth-order valence-corrected chi connectivity index (χ4v) is 22.2. The van der Waals surface area contributed by atoms with Crippen LogP contribution in [0.4, 0.5) is 0 Å². The van der Waals surface area contributed by atoms with Gasteiger partial charge in [-0.15, -0.1) is 0 Å². The van der Waals surface area contributed by atoms with Crippen LogP contribution in [-0.2, 0) is 0 Å². The van der Waals surface area contributed by atoms with Gasteiger partial charge in [0.2, 0.25) is 0 Å². The van der Waals surface area contributed by atoms with Crippen molar-refractivity contribution in [1.82, 2.24) is 42.3 Å². The summed E-state index contributed by atoms with van der Waals surface area (Å²) in [7, 11) is 0. The van der Waals surface area contributed by atoms with Gasteiger partial charge < -0.3 is 22.3 Å². The van der Waals surface area contributed by atoms with E-state index in [1.807, 2.05) is 43.1 Å². The van der Waals surface area contributed by atoms with E-state index in [1.165, 1.54) is 219 Å². The van der Waals surface area contributed by atoms with E-state index in [0.717, 1.165) is 50.3 Å². The molecular formula is C126H77N9. The quantitative estimate of drug-likeness (QED) is 0.137. The summed E-state index contributed by atoms with van der Waals surface area (Å²) >= 11 is 0. The molecule has 0 fully saturated rings. The number of fused-ring (bicyclic) bond motifs is 25. The van der Waals surface area contributed by atoms with Crippen LogP contribution in [0.25, 0.3) is 269 Å². The molecule has 0 atom stereocenters. The maximum Gasteiger partial charge on any atom is 0.160 e. The Morgan fingerprint density at radius 2 is 0.452 bits per heavy atom. The zero-order valence-corrected chi connectivity index (χ0v) is 73.0. The van der Waals surface area contributed by atoms with Crippen LogP contribution in [-0.4, -0.2) is 42.3 Å². The molecule has 626 valence electrons. The molecule has 0 saturated heterocycles. The minimum atomic E-state index is 0.759. The molecule has 0 amide bonds. The normalized spacial score (nSPS) is 12.0. The van der Waals surface area contributed by atoms with Gasteiger partial charge in [-0.05, 0) is 254 Å². The summed E-state index contributed by atoms with van der Waals surface area (Å²) in [6.07, 6.45) is 9.56. The first-order valence-corrected chi connectivity index (χ1v) is 46.1. The molecular weight excluding hydrogens is 1640 g/mol. The van der Waals surface area contributed by atoms with Crippen molar-refractivity contribution in [3.63, 3.8) is 0 Å². The van der Waals surface area contributed by atoms with Gasteiger partial charge >= 0.3 is 0 Å². The number of rotatable bonds is 10. The summed E-state index contributed by atoms with van der Waals surface area (Å²) in [6, 6.07) is 158. The third-order valence-corrected chi connectivity index (χ3v) is 28.2. The van der Waals surface area contributed by atoms with E-state index in [-0.39, 0.29) is 0 Å². The average molecular weight is 1720 g/mol. The summed E-state index contributed by atoms with van der Waals surface area (Å²) in [4.78, 5) is 18.6. The van der Waals surface area contributed by atoms with Gasteiger partial charge in [0.1, 0.15) is 0 Å². The third-order valence-electron chi connectivity index (χ3n) is 28.2. The molecule has 0 N–H and O–H groups in total. The number of hydrogen-bond donors (Lipinski definition) is 0. The van der Waals surface area contributed by atoms with Crippen LogP contribution in [0.3, 0.4) is 0 Å². The van der Waals surface area contributed by atoms with Gasteiger partial charge in [0.15, 0.2) is 5.65 Å². The molecule has 135 heavy (non-hydrogen) atoms. The molecule has 0 saturated carbocycles. The highest BCUT2D eigenvalue weighted by Crippen LogP contribution is 2.49. The summed E-state index contributed by atoms with van der Waals surface area (Å²) in [6.45, 7) is 0. The number of aromatic nitrogens is 9. The van der Waals surface area contributed by atoms with Crippen LogP contribution in [0.1, 0.15) is 0 Å². The van der Waals surface area contributed by atoms with Crippen molar-refractivity contribution in [2.45, 2.75) is 0 Å². The molecule has 12 aromatic heterocycles. The smallest absolute Gasteiger partial charge is 0.160 e. The lowest BCUT2D eigenvalue weighted by atomic mass is 9.95. The maximum absolute atomic E-state index is 4.95. The lowest BCUT2D eigenvalue weighted by Gasteiger charge is -2.11. The molecule has 9 nitrogen and oxygen atoms in total. The second-order valence-corrected chi connectivity index (χ2v) is 35.6. The van der Waals surface area contributed by atoms with Crippen molar-refractivity contribution in [3.05, 3.63) is 468 Å². The Labute approximate surface area is 774 Å². The average Bonchev–Trinajstić information content (AvgIpc) is 1.55. The van der Waals surface area contributed by atoms with E-state index >= 15 is 0 Å². The Balaban J connectivity index is 0.000000101. The molecule has 0 radical (unpaired) electrons. The summed E-state index contributed by atoms with van der Waals surface area (Å²) in [5.41, 5.74) is 37.9. The number of benzene rings is 18. The molecule has 0 aliphatic carbocycles. The van der Waals surface area contributed by atoms with Crippen molar-refractivity contribution in [1.29, 1.82) is 0 Å². The lowest BCUT2D eigenvalue weighted by molar-refractivity contribution is 1.17. The first kappa shape index (κ1) is 75.8. The van der Waals surface area contributed by atoms with Gasteiger partial charge in [-0.2, -0.15) is 0 Å². The van der Waals surface area contributed by atoms with Gasteiger partial charge in [-0.1, -0.05) is 261 Å². The molecule has 18 aromatic carbocycles. The van der Waals surface area contributed by atoms with Crippen molar-refractivity contribution in [2.75, 3.05) is 0 Å². The first-order valence-electron chi connectivity index (χ1n) is 46.1. The van der Waals surface area contributed by atoms with E-state index in [9.17, 15) is 0 Å². The Morgan fingerprint density at radius 1 is 0.163 bits per heavy atom. The fourth-order valence-electron chi connectivity index (χ4n) is 22.2. The molecule has 12 heterocycles. The SMILES string of the molecule is c1ccc(-c2ccc3c(c2)c2cc(-c4cc(-c5ccccc5)nc5ncccc45)cc4c5ccccc5n3c42)cc1.c1ccc(-c2cccc(-c3ccc4c(c3)c3cc(-c5ccc6c(c5)c5ccncc5n6-c5ccccc5)cc5c6ccccc6n4c53)c2)cc1.c1ccc(-n2c3ccc(-c4cccc(-c5cc6c7ccccc7n7c8ccccc8c(c5)c67)c4)cc3c3ccncc32)cc1. The minimum absolute atomic E-state index is 0.759. The van der Waals surface area contributed by atoms with Crippen molar-refractivity contribution < 1.29 is 0 Å². The molecule has 0 bridgehead atoms. The van der Waals surface area contributed by atoms with Crippen molar-refractivity contribution in [2.24, 2.45) is 0 Å². The molecule has 30 rings (SSSR count). The van der Waals surface area contributed by atoms with Gasteiger partial charge in [-0.3, -0.25) is 9.97 Å². The van der Waals surface area contributed by atoms with E-state index in [4.69, 9.17) is 4.98 Å². The first-order chi connectivity index (χ1) is 67.0. The molecule has 0 unspecified atom stereocenters. The van der Waals surface area contributed by atoms with Gasteiger partial charge in [0, 0.05) is 127 Å². The molecule has 30 aromatic rings. The van der Waals surface area contributed by atoms with Crippen LogP contribution < -0.4 is 0 Å². The molecule has 0 aliphatic rings. The fraction of sp³-hybridized carbons (Fsp3) is 0. The summed E-state index contributed by atoms with van der Waals surface area (Å²) in [5, 5.41) is 21.3. The second-order valence-electron chi connectivity index (χ2n) is 35.6. The van der Waals surface area contributed by atoms with Gasteiger partial charge in [0.25, 0.3) is 0 Å². The van der Waals surface area contributed by atoms with E-state index in [1.54, 1.807) is 0 Å². The van der Waals surface area contributed by atoms with Crippen LogP contribution in [0.15, 0.2) is 468 Å². The lowest BCUT2D eigenvalue weighted by Crippen LogP contribution is -1.93. The topological polar surface area (TPSA) is 74.7 Å². The number of para-hydroxylation sites is 6. The van der Waals surface area contributed by atoms with Gasteiger partial charge in [0.05, 0.1) is 89.8 Å². The molecule has 9 heteroatoms. The van der Waals surface area contributed by atoms with Crippen LogP contribution >= 0.6 is 0 Å². The van der Waals surface area contributed by atoms with Crippen molar-refractivity contribution >= 4 is 169 Å². The predicted molar refractivity (Wildman–Crippen MR) is 564 cm³/mol. The largest absolute Gasteiger partial charge is 0.308 e. The maximum atomic E-state index is 4.95. The standard InChI is InChI=1S/C47H29N3.C41H25N3.C38H23N3/c1-3-10-30(11-4-1)31-12-9-13-32(24-31)33-18-21-45-40(25-33)42-28-35(27-41-37-16-7-8-17-43(37)50(45)47(41)42)34-19-20-44-39(26-34)38-22-23-48-29-46(38)49(44)36-14-5-2-6-15-36;1-2-11-30(12-3-1)43-39-18-17-28(22-34(39)33-19-20-42-25-40(33)43)26-9-8-10-27(21-26)29-23-35-31-13-4-6-15-37(31)44-38-16-7-5-14-32(38)36(24-29)41(35)44;1-3-10-24(11-4-1)26-17-18-36-31(20-26)33-22-27(21-32-28-14-7-8-16-35(28)41(36)37(32)33)30-23-34(25-12-5-2-6-13-25)40-38-29(30)15-9-19-39-38/h1-29H;1-25H;1-23H. The Hall–Kier alpha value is -18.2.